The number of rotatable bonds is 4. The summed E-state index contributed by atoms with van der Waals surface area (Å²) in [5, 5.41) is 13.3. The molecular formula is C18H14F3NO4S. The van der Waals surface area contributed by atoms with E-state index in [2.05, 4.69) is 5.16 Å². The van der Waals surface area contributed by atoms with Gasteiger partial charge in [0.25, 0.3) is 0 Å². The topological polar surface area (TPSA) is 80.4 Å². The average molecular weight is 397 g/mol. The van der Waals surface area contributed by atoms with E-state index in [0.717, 1.165) is 6.26 Å². The maximum absolute atomic E-state index is 14.6. The molecule has 1 heterocycles. The van der Waals surface area contributed by atoms with Gasteiger partial charge in [-0.3, -0.25) is 0 Å². The highest BCUT2D eigenvalue weighted by molar-refractivity contribution is 7.90. The Labute approximate surface area is 153 Å². The molecule has 0 atom stereocenters. The van der Waals surface area contributed by atoms with E-state index < -0.39 is 38.8 Å². The average Bonchev–Trinajstić information content (AvgIpc) is 3.01. The Hall–Kier alpha value is -2.65. The van der Waals surface area contributed by atoms with Gasteiger partial charge in [0, 0.05) is 17.4 Å². The highest BCUT2D eigenvalue weighted by Gasteiger charge is 2.25. The summed E-state index contributed by atoms with van der Waals surface area (Å²) >= 11 is 0. The van der Waals surface area contributed by atoms with Crippen molar-refractivity contribution in [1.82, 2.24) is 5.16 Å². The molecule has 0 saturated heterocycles. The zero-order valence-corrected chi connectivity index (χ0v) is 15.1. The number of aliphatic hydroxyl groups is 1. The van der Waals surface area contributed by atoms with Crippen molar-refractivity contribution in [2.45, 2.75) is 18.4 Å². The van der Waals surface area contributed by atoms with Gasteiger partial charge in [0.2, 0.25) is 0 Å². The van der Waals surface area contributed by atoms with Crippen LogP contribution in [-0.2, 0) is 16.4 Å². The molecule has 0 radical (unpaired) electrons. The highest BCUT2D eigenvalue weighted by Crippen LogP contribution is 2.38. The van der Waals surface area contributed by atoms with Crippen LogP contribution in [0.4, 0.5) is 13.2 Å². The van der Waals surface area contributed by atoms with Gasteiger partial charge in [-0.2, -0.15) is 0 Å². The number of halogens is 3. The lowest BCUT2D eigenvalue weighted by Crippen LogP contribution is -2.03. The summed E-state index contributed by atoms with van der Waals surface area (Å²) < 4.78 is 70.6. The van der Waals surface area contributed by atoms with Gasteiger partial charge < -0.3 is 9.63 Å². The second kappa shape index (κ2) is 6.82. The summed E-state index contributed by atoms with van der Waals surface area (Å²) in [6, 6.07) is 5.28. The summed E-state index contributed by atoms with van der Waals surface area (Å²) in [6.07, 6.45) is 0.760. The van der Waals surface area contributed by atoms with Crippen LogP contribution in [0.5, 0.6) is 0 Å². The van der Waals surface area contributed by atoms with Crippen LogP contribution in [0.2, 0.25) is 0 Å². The smallest absolute Gasteiger partial charge is 0.178 e. The van der Waals surface area contributed by atoms with Crippen molar-refractivity contribution in [2.24, 2.45) is 0 Å². The molecule has 0 unspecified atom stereocenters. The molecule has 9 heteroatoms. The Kier molecular flexibility index (Phi) is 4.83. The lowest BCUT2D eigenvalue weighted by Gasteiger charge is -2.09. The van der Waals surface area contributed by atoms with Gasteiger partial charge in [-0.1, -0.05) is 5.16 Å². The standard InChI is InChI=1S/C18H14F3NO4S/c1-9-5-10(3-4-12(9)19)18-17(15(8-23)26-22-18)11-6-14(21)16(7-13(11)20)27(2,24)25/h3-7,23H,8H2,1-2H3. The molecule has 27 heavy (non-hydrogen) atoms. The largest absolute Gasteiger partial charge is 0.388 e. The molecule has 0 aliphatic heterocycles. The lowest BCUT2D eigenvalue weighted by molar-refractivity contribution is 0.230. The first kappa shape index (κ1) is 19.1. The molecule has 142 valence electrons. The first-order valence-electron chi connectivity index (χ1n) is 7.69. The third kappa shape index (κ3) is 3.47. The van der Waals surface area contributed by atoms with Crippen LogP contribution in [0.3, 0.4) is 0 Å². The van der Waals surface area contributed by atoms with Crippen LogP contribution in [-0.4, -0.2) is 24.9 Å². The number of nitrogens with zero attached hydrogens (tertiary/aromatic N) is 1. The third-order valence-corrected chi connectivity index (χ3v) is 5.14. The summed E-state index contributed by atoms with van der Waals surface area (Å²) in [4.78, 5) is -0.787. The maximum Gasteiger partial charge on any atom is 0.178 e. The van der Waals surface area contributed by atoms with Crippen LogP contribution >= 0.6 is 0 Å². The minimum absolute atomic E-state index is 0.0417. The van der Waals surface area contributed by atoms with Gasteiger partial charge in [0.1, 0.15) is 34.6 Å². The Morgan fingerprint density at radius 3 is 2.37 bits per heavy atom. The predicted molar refractivity (Wildman–Crippen MR) is 91.0 cm³/mol. The van der Waals surface area contributed by atoms with Crippen molar-refractivity contribution in [3.63, 3.8) is 0 Å². The molecule has 0 bridgehead atoms. The summed E-state index contributed by atoms with van der Waals surface area (Å²) in [5.74, 6) is -2.78. The monoisotopic (exact) mass is 397 g/mol. The molecule has 0 aliphatic rings. The SMILES string of the molecule is Cc1cc(-c2noc(CO)c2-c2cc(F)c(S(C)(=O)=O)cc2F)ccc1F. The highest BCUT2D eigenvalue weighted by atomic mass is 32.2. The van der Waals surface area contributed by atoms with E-state index in [-0.39, 0.29) is 22.6 Å². The van der Waals surface area contributed by atoms with Crippen molar-refractivity contribution in [3.8, 4) is 22.4 Å². The molecule has 3 rings (SSSR count). The van der Waals surface area contributed by atoms with Crippen LogP contribution in [0, 0.1) is 24.4 Å². The Balaban J connectivity index is 2.27. The zero-order chi connectivity index (χ0) is 19.9. The second-order valence-electron chi connectivity index (χ2n) is 5.99. The number of benzene rings is 2. The normalized spacial score (nSPS) is 11.8. The lowest BCUT2D eigenvalue weighted by atomic mass is 9.97. The van der Waals surface area contributed by atoms with Crippen molar-refractivity contribution in [3.05, 3.63) is 59.1 Å². The van der Waals surface area contributed by atoms with Crippen LogP contribution in [0.25, 0.3) is 22.4 Å². The fourth-order valence-corrected chi connectivity index (χ4v) is 3.43. The molecule has 3 aromatic rings. The summed E-state index contributed by atoms with van der Waals surface area (Å²) in [7, 11) is -3.98. The fraction of sp³-hybridized carbons (Fsp3) is 0.167. The Morgan fingerprint density at radius 1 is 1.07 bits per heavy atom. The molecule has 0 spiro atoms. The number of hydrogen-bond donors (Lipinski definition) is 1. The molecule has 0 amide bonds. The first-order chi connectivity index (χ1) is 12.6. The minimum atomic E-state index is -3.98. The molecule has 0 saturated carbocycles. The quantitative estimate of drug-likeness (QED) is 0.727. The fourth-order valence-electron chi connectivity index (χ4n) is 2.70. The summed E-state index contributed by atoms with van der Waals surface area (Å²) in [6.45, 7) is 0.865. The van der Waals surface area contributed by atoms with Gasteiger partial charge in [-0.25, -0.2) is 21.6 Å². The summed E-state index contributed by atoms with van der Waals surface area (Å²) in [5.41, 5.74) is 0.347. The number of aryl methyl sites for hydroxylation is 1. The van der Waals surface area contributed by atoms with E-state index in [9.17, 15) is 26.7 Å². The molecule has 1 aromatic heterocycles. The molecule has 5 nitrogen and oxygen atoms in total. The van der Waals surface area contributed by atoms with E-state index >= 15 is 0 Å². The molecular weight excluding hydrogens is 383 g/mol. The van der Waals surface area contributed by atoms with Crippen LogP contribution in [0.1, 0.15) is 11.3 Å². The number of sulfone groups is 1. The van der Waals surface area contributed by atoms with E-state index in [0.29, 0.717) is 23.3 Å². The van der Waals surface area contributed by atoms with Gasteiger partial charge in [0.05, 0.1) is 5.56 Å². The van der Waals surface area contributed by atoms with Gasteiger partial charge >= 0.3 is 0 Å². The molecule has 1 N–H and O–H groups in total. The number of aliphatic hydroxyl groups excluding tert-OH is 1. The molecule has 2 aromatic carbocycles. The van der Waals surface area contributed by atoms with Crippen LogP contribution < -0.4 is 0 Å². The van der Waals surface area contributed by atoms with E-state index in [4.69, 9.17) is 4.52 Å². The molecule has 0 aliphatic carbocycles. The predicted octanol–water partition coefficient (Wildman–Crippen LogP) is 3.63. The molecule has 0 fully saturated rings. The van der Waals surface area contributed by atoms with E-state index in [1.54, 1.807) is 0 Å². The van der Waals surface area contributed by atoms with Gasteiger partial charge in [0.15, 0.2) is 15.6 Å². The minimum Gasteiger partial charge on any atom is -0.388 e. The first-order valence-corrected chi connectivity index (χ1v) is 9.58. The van der Waals surface area contributed by atoms with Crippen molar-refractivity contribution >= 4 is 9.84 Å². The van der Waals surface area contributed by atoms with Gasteiger partial charge in [-0.05, 0) is 42.8 Å². The number of hydrogen-bond acceptors (Lipinski definition) is 5. The van der Waals surface area contributed by atoms with E-state index in [1.807, 2.05) is 0 Å². The maximum atomic E-state index is 14.6. The van der Waals surface area contributed by atoms with Gasteiger partial charge in [-0.15, -0.1) is 0 Å². The third-order valence-electron chi connectivity index (χ3n) is 4.03. The van der Waals surface area contributed by atoms with Crippen molar-refractivity contribution < 1.29 is 31.2 Å². The van der Waals surface area contributed by atoms with Crippen LogP contribution in [0.15, 0.2) is 39.8 Å². The van der Waals surface area contributed by atoms with Crippen molar-refractivity contribution in [1.29, 1.82) is 0 Å². The second-order valence-corrected chi connectivity index (χ2v) is 7.97. The number of aromatic nitrogens is 1. The van der Waals surface area contributed by atoms with Crippen molar-refractivity contribution in [2.75, 3.05) is 6.26 Å². The zero-order valence-electron chi connectivity index (χ0n) is 14.3. The Bertz CT molecular complexity index is 1140. The Morgan fingerprint density at radius 2 is 1.78 bits per heavy atom. The van der Waals surface area contributed by atoms with E-state index in [1.165, 1.54) is 25.1 Å².